The van der Waals surface area contributed by atoms with Gasteiger partial charge in [-0.25, -0.2) is 0 Å². The second-order valence-electron chi connectivity index (χ2n) is 6.63. The highest BCUT2D eigenvalue weighted by Crippen LogP contribution is 2.40. The van der Waals surface area contributed by atoms with Gasteiger partial charge >= 0.3 is 0 Å². The normalized spacial score (nSPS) is 19.7. The molecule has 0 saturated heterocycles. The maximum Gasteiger partial charge on any atom is 0.261 e. The number of aromatic nitrogens is 1. The highest BCUT2D eigenvalue weighted by atomic mass is 16.3. The molecule has 0 bridgehead atoms. The first-order valence-corrected chi connectivity index (χ1v) is 8.34. The van der Waals surface area contributed by atoms with Gasteiger partial charge in [0.2, 0.25) is 0 Å². The van der Waals surface area contributed by atoms with Crippen LogP contribution in [0.4, 0.5) is 5.69 Å². The van der Waals surface area contributed by atoms with Crippen molar-refractivity contribution >= 4 is 17.4 Å². The molecule has 3 aromatic rings. The molecule has 5 nitrogen and oxygen atoms in total. The molecular weight excluding hydrogens is 328 g/mol. The van der Waals surface area contributed by atoms with E-state index in [1.165, 1.54) is 6.20 Å². The summed E-state index contributed by atoms with van der Waals surface area (Å²) in [5, 5.41) is 13.8. The average Bonchev–Trinajstić information content (AvgIpc) is 3.08. The van der Waals surface area contributed by atoms with Crippen LogP contribution in [0.5, 0.6) is 0 Å². The van der Waals surface area contributed by atoms with Crippen LogP contribution in [0.3, 0.4) is 0 Å². The van der Waals surface area contributed by atoms with Crippen LogP contribution in [0.2, 0.25) is 0 Å². The Morgan fingerprint density at radius 3 is 2.50 bits per heavy atom. The number of anilines is 1. The molecule has 1 amide bonds. The van der Waals surface area contributed by atoms with Gasteiger partial charge in [-0.3, -0.25) is 14.6 Å². The van der Waals surface area contributed by atoms with Gasteiger partial charge in [-0.2, -0.15) is 0 Å². The van der Waals surface area contributed by atoms with Crippen molar-refractivity contribution in [1.29, 1.82) is 0 Å². The van der Waals surface area contributed by atoms with Crippen LogP contribution in [-0.2, 0) is 16.8 Å². The number of nitrogens with zero attached hydrogens (tertiary/aromatic N) is 1. The van der Waals surface area contributed by atoms with Crippen molar-refractivity contribution in [1.82, 2.24) is 4.98 Å². The maximum absolute atomic E-state index is 12.5. The quantitative estimate of drug-likeness (QED) is 0.587. The number of hydrogen-bond donors (Lipinski definition) is 2. The third-order valence-electron chi connectivity index (χ3n) is 5.10. The molecule has 2 aliphatic rings. The van der Waals surface area contributed by atoms with Gasteiger partial charge in [0.25, 0.3) is 5.91 Å². The molecule has 5 heteroatoms. The Bertz CT molecular complexity index is 1110. The third-order valence-corrected chi connectivity index (χ3v) is 5.10. The fraction of sp³-hybridized carbons (Fsp3) is 0.0952. The first-order valence-electron chi connectivity index (χ1n) is 8.34. The van der Waals surface area contributed by atoms with Crippen LogP contribution < -0.4 is 5.32 Å². The van der Waals surface area contributed by atoms with Crippen molar-refractivity contribution in [3.63, 3.8) is 0 Å². The van der Waals surface area contributed by atoms with Crippen molar-refractivity contribution in [2.45, 2.75) is 12.0 Å². The molecule has 0 fully saturated rings. The molecule has 2 aromatic carbocycles. The number of carbonyl (C=O) groups is 2. The first kappa shape index (κ1) is 15.0. The Morgan fingerprint density at radius 2 is 1.65 bits per heavy atom. The number of amides is 1. The number of pyridine rings is 1. The molecule has 126 valence electrons. The number of para-hydroxylation sites is 1. The smallest absolute Gasteiger partial charge is 0.261 e. The summed E-state index contributed by atoms with van der Waals surface area (Å²) in [6, 6.07) is 16.3. The molecule has 2 heterocycles. The average molecular weight is 342 g/mol. The summed E-state index contributed by atoms with van der Waals surface area (Å²) < 4.78 is 0. The Balaban J connectivity index is 1.58. The number of fused-ring (bicyclic) bond motifs is 4. The van der Waals surface area contributed by atoms with Crippen LogP contribution in [0.25, 0.3) is 11.1 Å². The SMILES string of the molecule is O=C1c2ccccc2-c2cc(CC3(O)C(=O)Nc4ccccc43)ncc21. The van der Waals surface area contributed by atoms with E-state index in [1.807, 2.05) is 18.2 Å². The Labute approximate surface area is 149 Å². The monoisotopic (exact) mass is 342 g/mol. The molecule has 0 spiro atoms. The van der Waals surface area contributed by atoms with Crippen molar-refractivity contribution in [2.24, 2.45) is 0 Å². The number of aliphatic hydroxyl groups is 1. The topological polar surface area (TPSA) is 79.3 Å². The van der Waals surface area contributed by atoms with Crippen molar-refractivity contribution in [2.75, 3.05) is 5.32 Å². The lowest BCUT2D eigenvalue weighted by atomic mass is 9.89. The van der Waals surface area contributed by atoms with E-state index in [2.05, 4.69) is 10.3 Å². The Morgan fingerprint density at radius 1 is 0.923 bits per heavy atom. The van der Waals surface area contributed by atoms with E-state index in [0.29, 0.717) is 28.1 Å². The predicted molar refractivity (Wildman–Crippen MR) is 95.8 cm³/mol. The molecular formula is C21H14N2O3. The molecule has 5 rings (SSSR count). The van der Waals surface area contributed by atoms with Gasteiger partial charge in [0, 0.05) is 40.7 Å². The number of benzene rings is 2. The van der Waals surface area contributed by atoms with Gasteiger partial charge in [0.05, 0.1) is 0 Å². The summed E-state index contributed by atoms with van der Waals surface area (Å²) >= 11 is 0. The van der Waals surface area contributed by atoms with Crippen molar-refractivity contribution in [3.05, 3.63) is 83.2 Å². The highest BCUT2D eigenvalue weighted by Gasteiger charge is 2.45. The Kier molecular flexibility index (Phi) is 2.94. The minimum atomic E-state index is -1.67. The number of rotatable bonds is 2. The minimum absolute atomic E-state index is 0.0412. The summed E-state index contributed by atoms with van der Waals surface area (Å²) in [6.07, 6.45) is 1.58. The van der Waals surface area contributed by atoms with Crippen LogP contribution in [0.15, 0.2) is 60.8 Å². The fourth-order valence-corrected chi connectivity index (χ4v) is 3.80. The molecule has 1 aliphatic carbocycles. The largest absolute Gasteiger partial charge is 0.375 e. The predicted octanol–water partition coefficient (Wildman–Crippen LogP) is 2.68. The zero-order valence-electron chi connectivity index (χ0n) is 13.7. The van der Waals surface area contributed by atoms with E-state index >= 15 is 0 Å². The molecule has 26 heavy (non-hydrogen) atoms. The summed E-state index contributed by atoms with van der Waals surface area (Å²) in [7, 11) is 0. The maximum atomic E-state index is 12.5. The number of ketones is 1. The summed E-state index contributed by atoms with van der Waals surface area (Å²) in [6.45, 7) is 0. The van der Waals surface area contributed by atoms with Gasteiger partial charge in [-0.15, -0.1) is 0 Å². The van der Waals surface area contributed by atoms with Crippen LogP contribution in [-0.4, -0.2) is 21.8 Å². The summed E-state index contributed by atoms with van der Waals surface area (Å²) in [5.74, 6) is -0.505. The standard InChI is InChI=1S/C21H14N2O3/c24-19-14-6-2-1-5-13(14)15-9-12(22-11-16(15)19)10-21(26)17-7-3-4-8-18(17)23-20(21)25/h1-9,11,26H,10H2,(H,23,25). The second kappa shape index (κ2) is 5.09. The molecule has 2 N–H and O–H groups in total. The van der Waals surface area contributed by atoms with E-state index in [9.17, 15) is 14.7 Å². The van der Waals surface area contributed by atoms with E-state index in [4.69, 9.17) is 0 Å². The molecule has 1 unspecified atom stereocenters. The van der Waals surface area contributed by atoms with Gasteiger partial charge in [0.1, 0.15) is 0 Å². The zero-order chi connectivity index (χ0) is 17.9. The van der Waals surface area contributed by atoms with E-state index in [1.54, 1.807) is 36.4 Å². The van der Waals surface area contributed by atoms with Gasteiger partial charge < -0.3 is 10.4 Å². The number of hydrogen-bond acceptors (Lipinski definition) is 4. The summed E-state index contributed by atoms with van der Waals surface area (Å²) in [5.41, 5.74) is 2.92. The Hall–Kier alpha value is -3.31. The lowest BCUT2D eigenvalue weighted by molar-refractivity contribution is -0.133. The van der Waals surface area contributed by atoms with Crippen LogP contribution in [0.1, 0.15) is 27.2 Å². The molecule has 1 atom stereocenters. The third kappa shape index (κ3) is 1.92. The van der Waals surface area contributed by atoms with Crippen LogP contribution in [0, 0.1) is 0 Å². The zero-order valence-corrected chi connectivity index (χ0v) is 13.7. The van der Waals surface area contributed by atoms with E-state index < -0.39 is 11.5 Å². The minimum Gasteiger partial charge on any atom is -0.375 e. The van der Waals surface area contributed by atoms with E-state index in [-0.39, 0.29) is 12.2 Å². The molecule has 1 aliphatic heterocycles. The van der Waals surface area contributed by atoms with Gasteiger partial charge in [-0.05, 0) is 23.3 Å². The number of carbonyl (C=O) groups excluding carboxylic acids is 2. The molecule has 0 radical (unpaired) electrons. The lowest BCUT2D eigenvalue weighted by Crippen LogP contribution is -2.36. The number of nitrogens with one attached hydrogen (secondary N) is 1. The second-order valence-corrected chi connectivity index (χ2v) is 6.63. The fourth-order valence-electron chi connectivity index (χ4n) is 3.80. The van der Waals surface area contributed by atoms with Crippen LogP contribution >= 0.6 is 0 Å². The highest BCUT2D eigenvalue weighted by molar-refractivity contribution is 6.21. The van der Waals surface area contributed by atoms with Crippen molar-refractivity contribution < 1.29 is 14.7 Å². The first-order chi connectivity index (χ1) is 12.6. The van der Waals surface area contributed by atoms with E-state index in [0.717, 1.165) is 11.1 Å². The lowest BCUT2D eigenvalue weighted by Gasteiger charge is -2.20. The molecule has 0 saturated carbocycles. The van der Waals surface area contributed by atoms with Gasteiger partial charge in [-0.1, -0.05) is 42.5 Å². The molecule has 1 aromatic heterocycles. The van der Waals surface area contributed by atoms with Crippen molar-refractivity contribution in [3.8, 4) is 11.1 Å². The summed E-state index contributed by atoms with van der Waals surface area (Å²) in [4.78, 5) is 29.2. The van der Waals surface area contributed by atoms with Gasteiger partial charge in [0.15, 0.2) is 11.4 Å².